The van der Waals surface area contributed by atoms with Crippen LogP contribution in [-0.2, 0) is 12.8 Å². The number of ether oxygens (including phenoxy) is 2. The number of methoxy groups -OCH3 is 1. The smallest absolute Gasteiger partial charge is 0.161 e. The SMILES string of the molecule is COc1cc2c(cc1OC1CCCC1)[C@@H](CCc1c[nH]c3ccc(C)cc13)N(C)CC2. The second-order valence-corrected chi connectivity index (χ2v) is 9.37. The van der Waals surface area contributed by atoms with E-state index in [1.54, 1.807) is 7.11 Å². The summed E-state index contributed by atoms with van der Waals surface area (Å²) in [4.78, 5) is 5.96. The fourth-order valence-corrected chi connectivity index (χ4v) is 5.44. The first-order chi connectivity index (χ1) is 15.1. The van der Waals surface area contributed by atoms with Crippen LogP contribution in [-0.4, -0.2) is 36.7 Å². The highest BCUT2D eigenvalue weighted by Gasteiger charge is 2.28. The van der Waals surface area contributed by atoms with E-state index in [-0.39, 0.29) is 0 Å². The number of aromatic nitrogens is 1. The molecule has 5 rings (SSSR count). The standard InChI is InChI=1S/C27H34N2O2/c1-18-8-10-24-22(14-18)20(17-28-24)9-11-25-23-16-27(31-21-6-4-5-7-21)26(30-3)15-19(23)12-13-29(25)2/h8,10,14-17,21,25,28H,4-7,9,11-13H2,1-3H3/t25-/m1/s1. The minimum Gasteiger partial charge on any atom is -0.493 e. The van der Waals surface area contributed by atoms with Gasteiger partial charge in [0.1, 0.15) is 0 Å². The van der Waals surface area contributed by atoms with E-state index in [1.807, 2.05) is 0 Å². The number of hydrogen-bond donors (Lipinski definition) is 1. The monoisotopic (exact) mass is 418 g/mol. The van der Waals surface area contributed by atoms with Gasteiger partial charge in [-0.1, -0.05) is 11.6 Å². The van der Waals surface area contributed by atoms with Gasteiger partial charge in [-0.15, -0.1) is 0 Å². The first-order valence-corrected chi connectivity index (χ1v) is 11.8. The quantitative estimate of drug-likeness (QED) is 0.536. The topological polar surface area (TPSA) is 37.5 Å². The van der Waals surface area contributed by atoms with Crippen molar-refractivity contribution in [2.24, 2.45) is 0 Å². The van der Waals surface area contributed by atoms with Crippen LogP contribution in [0.3, 0.4) is 0 Å². The summed E-state index contributed by atoms with van der Waals surface area (Å²) >= 11 is 0. The molecule has 0 radical (unpaired) electrons. The maximum atomic E-state index is 6.42. The number of nitrogens with one attached hydrogen (secondary N) is 1. The molecule has 0 unspecified atom stereocenters. The summed E-state index contributed by atoms with van der Waals surface area (Å²) < 4.78 is 12.1. The molecule has 2 aromatic carbocycles. The van der Waals surface area contributed by atoms with Crippen LogP contribution in [0.1, 0.15) is 60.4 Å². The van der Waals surface area contributed by atoms with E-state index in [1.165, 1.54) is 46.0 Å². The van der Waals surface area contributed by atoms with Crippen LogP contribution in [0.25, 0.3) is 10.9 Å². The fraction of sp³-hybridized carbons (Fsp3) is 0.481. The number of likely N-dealkylation sites (N-methyl/N-ethyl adjacent to an activating group) is 1. The highest BCUT2D eigenvalue weighted by molar-refractivity contribution is 5.83. The minimum atomic E-state index is 0.334. The van der Waals surface area contributed by atoms with Gasteiger partial charge in [0.05, 0.1) is 13.2 Å². The number of rotatable bonds is 6. The van der Waals surface area contributed by atoms with Crippen LogP contribution in [0.15, 0.2) is 36.5 Å². The molecule has 164 valence electrons. The molecule has 0 amide bonds. The van der Waals surface area contributed by atoms with Crippen molar-refractivity contribution in [3.05, 3.63) is 58.8 Å². The molecular formula is C27H34N2O2. The molecule has 1 atom stereocenters. The van der Waals surface area contributed by atoms with Gasteiger partial charge in [-0.2, -0.15) is 0 Å². The van der Waals surface area contributed by atoms with Crippen molar-refractivity contribution in [2.45, 2.75) is 64.0 Å². The van der Waals surface area contributed by atoms with Crippen LogP contribution in [0.5, 0.6) is 11.5 Å². The molecule has 1 saturated carbocycles. The Kier molecular flexibility index (Phi) is 5.66. The molecule has 1 aliphatic carbocycles. The van der Waals surface area contributed by atoms with Crippen molar-refractivity contribution in [1.29, 1.82) is 0 Å². The molecule has 1 N–H and O–H groups in total. The van der Waals surface area contributed by atoms with E-state index >= 15 is 0 Å². The average Bonchev–Trinajstić information content (AvgIpc) is 3.42. The van der Waals surface area contributed by atoms with Crippen molar-refractivity contribution in [1.82, 2.24) is 9.88 Å². The first-order valence-electron chi connectivity index (χ1n) is 11.8. The lowest BCUT2D eigenvalue weighted by Gasteiger charge is -2.35. The number of hydrogen-bond acceptors (Lipinski definition) is 3. The van der Waals surface area contributed by atoms with Crippen LogP contribution in [0.4, 0.5) is 0 Å². The number of aryl methyl sites for hydroxylation is 2. The van der Waals surface area contributed by atoms with Crippen molar-refractivity contribution in [3.63, 3.8) is 0 Å². The largest absolute Gasteiger partial charge is 0.493 e. The van der Waals surface area contributed by atoms with Gasteiger partial charge in [0, 0.05) is 29.7 Å². The molecule has 1 aliphatic heterocycles. The van der Waals surface area contributed by atoms with E-state index in [0.29, 0.717) is 12.1 Å². The van der Waals surface area contributed by atoms with Gasteiger partial charge in [-0.05, 0) is 99.9 Å². The van der Waals surface area contributed by atoms with E-state index in [2.05, 4.69) is 60.4 Å². The maximum absolute atomic E-state index is 6.42. The molecule has 4 heteroatoms. The summed E-state index contributed by atoms with van der Waals surface area (Å²) in [5.74, 6) is 1.82. The molecular weight excluding hydrogens is 384 g/mol. The molecule has 2 aliphatic rings. The summed E-state index contributed by atoms with van der Waals surface area (Å²) in [5, 5.41) is 1.36. The molecule has 4 nitrogen and oxygen atoms in total. The average molecular weight is 419 g/mol. The third-order valence-corrected chi connectivity index (χ3v) is 7.26. The van der Waals surface area contributed by atoms with Crippen molar-refractivity contribution >= 4 is 10.9 Å². The number of nitrogens with zero attached hydrogens (tertiary/aromatic N) is 1. The zero-order valence-corrected chi connectivity index (χ0v) is 19.0. The van der Waals surface area contributed by atoms with Gasteiger partial charge < -0.3 is 14.5 Å². The second kappa shape index (κ2) is 8.58. The molecule has 31 heavy (non-hydrogen) atoms. The van der Waals surface area contributed by atoms with E-state index < -0.39 is 0 Å². The van der Waals surface area contributed by atoms with Crippen molar-refractivity contribution in [2.75, 3.05) is 20.7 Å². The van der Waals surface area contributed by atoms with E-state index in [4.69, 9.17) is 9.47 Å². The number of aromatic amines is 1. The Labute approximate surface area is 185 Å². The van der Waals surface area contributed by atoms with Crippen LogP contribution in [0, 0.1) is 6.92 Å². The number of H-pyrrole nitrogens is 1. The highest BCUT2D eigenvalue weighted by atomic mass is 16.5. The predicted molar refractivity (Wildman–Crippen MR) is 126 cm³/mol. The zero-order chi connectivity index (χ0) is 21.4. The van der Waals surface area contributed by atoms with E-state index in [9.17, 15) is 0 Å². The van der Waals surface area contributed by atoms with Gasteiger partial charge in [0.15, 0.2) is 11.5 Å². The van der Waals surface area contributed by atoms with Crippen LogP contribution in [0.2, 0.25) is 0 Å². The Hall–Kier alpha value is -2.46. The summed E-state index contributed by atoms with van der Waals surface area (Å²) in [6, 6.07) is 11.6. The van der Waals surface area contributed by atoms with Crippen LogP contribution < -0.4 is 9.47 Å². The molecule has 3 aromatic rings. The summed E-state index contributed by atoms with van der Waals surface area (Å²) in [5.41, 5.74) is 6.78. The highest BCUT2D eigenvalue weighted by Crippen LogP contribution is 2.41. The Balaban J connectivity index is 1.42. The normalized spacial score (nSPS) is 19.6. The molecule has 2 heterocycles. The second-order valence-electron chi connectivity index (χ2n) is 9.37. The summed E-state index contributed by atoms with van der Waals surface area (Å²) in [6.07, 6.45) is 10.6. The van der Waals surface area contributed by atoms with E-state index in [0.717, 1.165) is 50.1 Å². The predicted octanol–water partition coefficient (Wildman–Crippen LogP) is 5.97. The van der Waals surface area contributed by atoms with Gasteiger partial charge in [-0.25, -0.2) is 0 Å². The first kappa shape index (κ1) is 20.4. The summed E-state index contributed by atoms with van der Waals surface area (Å²) in [7, 11) is 4.02. The van der Waals surface area contributed by atoms with Gasteiger partial charge in [-0.3, -0.25) is 4.90 Å². The lowest BCUT2D eigenvalue weighted by Crippen LogP contribution is -2.32. The third kappa shape index (κ3) is 4.06. The van der Waals surface area contributed by atoms with Crippen LogP contribution >= 0.6 is 0 Å². The maximum Gasteiger partial charge on any atom is 0.161 e. The zero-order valence-electron chi connectivity index (χ0n) is 19.0. The Morgan fingerprint density at radius 1 is 1.10 bits per heavy atom. The van der Waals surface area contributed by atoms with Gasteiger partial charge >= 0.3 is 0 Å². The number of fused-ring (bicyclic) bond motifs is 2. The molecule has 0 spiro atoms. The minimum absolute atomic E-state index is 0.334. The lowest BCUT2D eigenvalue weighted by molar-refractivity contribution is 0.195. The molecule has 0 bridgehead atoms. The van der Waals surface area contributed by atoms with Crippen molar-refractivity contribution < 1.29 is 9.47 Å². The fourth-order valence-electron chi connectivity index (χ4n) is 5.44. The summed E-state index contributed by atoms with van der Waals surface area (Å²) in [6.45, 7) is 3.25. The number of benzene rings is 2. The van der Waals surface area contributed by atoms with Gasteiger partial charge in [0.2, 0.25) is 0 Å². The molecule has 0 saturated heterocycles. The molecule has 1 aromatic heterocycles. The lowest BCUT2D eigenvalue weighted by atomic mass is 9.88. The molecule has 1 fully saturated rings. The van der Waals surface area contributed by atoms with Gasteiger partial charge in [0.25, 0.3) is 0 Å². The third-order valence-electron chi connectivity index (χ3n) is 7.26. The Bertz CT molecular complexity index is 1060. The Morgan fingerprint density at radius 3 is 2.74 bits per heavy atom. The van der Waals surface area contributed by atoms with Crippen molar-refractivity contribution in [3.8, 4) is 11.5 Å². The Morgan fingerprint density at radius 2 is 1.94 bits per heavy atom.